The number of anilines is 1. The highest BCUT2D eigenvalue weighted by Gasteiger charge is 2.19. The lowest BCUT2D eigenvalue weighted by molar-refractivity contribution is 0.276. The van der Waals surface area contributed by atoms with E-state index in [1.807, 2.05) is 6.07 Å². The number of rotatable bonds is 4. The van der Waals surface area contributed by atoms with Crippen LogP contribution in [0, 0.1) is 11.7 Å². The second-order valence-corrected chi connectivity index (χ2v) is 5.47. The minimum atomic E-state index is -0.297. The zero-order chi connectivity index (χ0) is 13.7. The predicted molar refractivity (Wildman–Crippen MR) is 76.8 cm³/mol. The van der Waals surface area contributed by atoms with Crippen molar-refractivity contribution in [3.8, 4) is 0 Å². The number of aliphatic hydroxyl groups is 1. The quantitative estimate of drug-likeness (QED) is 0.896. The predicted octanol–water partition coefficient (Wildman–Crippen LogP) is 3.72. The Bertz CT molecular complexity index is 408. The summed E-state index contributed by atoms with van der Waals surface area (Å²) in [6, 6.07) is 5.08. The van der Waals surface area contributed by atoms with Gasteiger partial charge in [-0.25, -0.2) is 4.39 Å². The summed E-state index contributed by atoms with van der Waals surface area (Å²) in [6.07, 6.45) is 6.14. The molecule has 0 saturated carbocycles. The molecule has 19 heavy (non-hydrogen) atoms. The average Bonchev–Trinajstić information content (AvgIpc) is 2.64. The first kappa shape index (κ1) is 14.3. The molecule has 0 radical (unpaired) electrons. The first-order valence-electron chi connectivity index (χ1n) is 7.39. The van der Waals surface area contributed by atoms with E-state index in [0.29, 0.717) is 5.56 Å². The minimum Gasteiger partial charge on any atom is -0.391 e. The fraction of sp³-hybridized carbons (Fsp3) is 0.625. The second-order valence-electron chi connectivity index (χ2n) is 5.47. The lowest BCUT2D eigenvalue weighted by Crippen LogP contribution is -2.25. The number of nitrogens with zero attached hydrogens (tertiary/aromatic N) is 1. The monoisotopic (exact) mass is 265 g/mol. The molecule has 2 nitrogen and oxygen atoms in total. The molecule has 1 aromatic carbocycles. The van der Waals surface area contributed by atoms with E-state index in [-0.39, 0.29) is 12.4 Å². The van der Waals surface area contributed by atoms with Gasteiger partial charge in [-0.05, 0) is 37.3 Å². The number of benzene rings is 1. The molecular formula is C16H24FNO. The molecule has 1 heterocycles. The molecule has 3 heteroatoms. The molecule has 0 aliphatic carbocycles. The van der Waals surface area contributed by atoms with Crippen LogP contribution in [0.1, 0.15) is 44.6 Å². The van der Waals surface area contributed by atoms with Crippen molar-refractivity contribution in [2.45, 2.75) is 45.6 Å². The fourth-order valence-corrected chi connectivity index (χ4v) is 3.10. The largest absolute Gasteiger partial charge is 0.391 e. The highest BCUT2D eigenvalue weighted by Crippen LogP contribution is 2.28. The van der Waals surface area contributed by atoms with Crippen LogP contribution in [0.4, 0.5) is 10.1 Å². The van der Waals surface area contributed by atoms with E-state index >= 15 is 0 Å². The van der Waals surface area contributed by atoms with E-state index in [0.717, 1.165) is 31.1 Å². The van der Waals surface area contributed by atoms with Crippen LogP contribution in [-0.2, 0) is 6.61 Å². The third kappa shape index (κ3) is 3.47. The Morgan fingerprint density at radius 1 is 1.32 bits per heavy atom. The molecule has 0 bridgehead atoms. The van der Waals surface area contributed by atoms with Crippen LogP contribution in [0.25, 0.3) is 0 Å². The van der Waals surface area contributed by atoms with Crippen LogP contribution < -0.4 is 4.90 Å². The summed E-state index contributed by atoms with van der Waals surface area (Å²) in [5.74, 6) is 0.510. The van der Waals surface area contributed by atoms with Crippen molar-refractivity contribution < 1.29 is 9.50 Å². The van der Waals surface area contributed by atoms with Gasteiger partial charge in [0.2, 0.25) is 0 Å². The third-order valence-electron chi connectivity index (χ3n) is 4.14. The van der Waals surface area contributed by atoms with Gasteiger partial charge in [0.15, 0.2) is 0 Å². The van der Waals surface area contributed by atoms with Crippen molar-refractivity contribution in [2.75, 3.05) is 18.0 Å². The van der Waals surface area contributed by atoms with Gasteiger partial charge >= 0.3 is 0 Å². The van der Waals surface area contributed by atoms with Crippen molar-refractivity contribution >= 4 is 5.69 Å². The van der Waals surface area contributed by atoms with E-state index in [1.54, 1.807) is 6.07 Å². The highest BCUT2D eigenvalue weighted by atomic mass is 19.1. The molecule has 1 fully saturated rings. The SMILES string of the molecule is CCCC1CCCN(c2cccc(F)c2CO)CC1. The number of hydrogen-bond acceptors (Lipinski definition) is 2. The Hall–Kier alpha value is -1.09. The Kier molecular flexibility index (Phi) is 5.20. The molecule has 2 rings (SSSR count). The fourth-order valence-electron chi connectivity index (χ4n) is 3.10. The van der Waals surface area contributed by atoms with Gasteiger partial charge in [0.25, 0.3) is 0 Å². The van der Waals surface area contributed by atoms with Gasteiger partial charge in [0.05, 0.1) is 6.61 Å². The standard InChI is InChI=1S/C16H24FNO/c1-2-5-13-6-4-10-18(11-9-13)16-8-3-7-15(17)14(16)12-19/h3,7-8,13,19H,2,4-6,9-12H2,1H3. The first-order valence-corrected chi connectivity index (χ1v) is 7.39. The molecule has 1 aliphatic rings. The maximum absolute atomic E-state index is 13.7. The highest BCUT2D eigenvalue weighted by molar-refractivity contribution is 5.54. The van der Waals surface area contributed by atoms with Crippen molar-refractivity contribution in [3.63, 3.8) is 0 Å². The summed E-state index contributed by atoms with van der Waals surface area (Å²) >= 11 is 0. The molecule has 0 aromatic heterocycles. The molecule has 1 aromatic rings. The van der Waals surface area contributed by atoms with E-state index in [1.165, 1.54) is 31.7 Å². The van der Waals surface area contributed by atoms with Crippen molar-refractivity contribution in [3.05, 3.63) is 29.6 Å². The lowest BCUT2D eigenvalue weighted by Gasteiger charge is -2.25. The summed E-state index contributed by atoms with van der Waals surface area (Å²) in [4.78, 5) is 2.24. The topological polar surface area (TPSA) is 23.5 Å². The van der Waals surface area contributed by atoms with E-state index in [2.05, 4.69) is 11.8 Å². The molecule has 1 saturated heterocycles. The van der Waals surface area contributed by atoms with Gasteiger partial charge in [-0.15, -0.1) is 0 Å². The third-order valence-corrected chi connectivity index (χ3v) is 4.14. The van der Waals surface area contributed by atoms with Gasteiger partial charge in [-0.2, -0.15) is 0 Å². The average molecular weight is 265 g/mol. The second kappa shape index (κ2) is 6.90. The first-order chi connectivity index (χ1) is 9.26. The minimum absolute atomic E-state index is 0.225. The lowest BCUT2D eigenvalue weighted by atomic mass is 9.96. The van der Waals surface area contributed by atoms with Crippen LogP contribution in [0.2, 0.25) is 0 Å². The number of aliphatic hydroxyl groups excluding tert-OH is 1. The van der Waals surface area contributed by atoms with Crippen LogP contribution in [0.15, 0.2) is 18.2 Å². The number of halogens is 1. The van der Waals surface area contributed by atoms with E-state index < -0.39 is 0 Å². The van der Waals surface area contributed by atoms with E-state index in [9.17, 15) is 9.50 Å². The summed E-state index contributed by atoms with van der Waals surface area (Å²) in [5.41, 5.74) is 1.32. The van der Waals surface area contributed by atoms with Crippen LogP contribution >= 0.6 is 0 Å². The Morgan fingerprint density at radius 2 is 2.16 bits per heavy atom. The molecule has 1 aliphatic heterocycles. The zero-order valence-corrected chi connectivity index (χ0v) is 11.7. The summed E-state index contributed by atoms with van der Waals surface area (Å²) < 4.78 is 13.7. The molecule has 0 spiro atoms. The van der Waals surface area contributed by atoms with Gasteiger partial charge < -0.3 is 10.0 Å². The summed E-state index contributed by atoms with van der Waals surface area (Å²) in [5, 5.41) is 9.37. The zero-order valence-electron chi connectivity index (χ0n) is 11.7. The molecule has 1 unspecified atom stereocenters. The smallest absolute Gasteiger partial charge is 0.130 e. The molecule has 1 N–H and O–H groups in total. The van der Waals surface area contributed by atoms with Crippen LogP contribution in [0.3, 0.4) is 0 Å². The Morgan fingerprint density at radius 3 is 2.89 bits per heavy atom. The maximum atomic E-state index is 13.7. The molecule has 0 amide bonds. The molecule has 1 atom stereocenters. The van der Waals surface area contributed by atoms with Gasteiger partial charge in [-0.3, -0.25) is 0 Å². The normalized spacial score (nSPS) is 20.4. The summed E-state index contributed by atoms with van der Waals surface area (Å²) in [7, 11) is 0. The van der Waals surface area contributed by atoms with Crippen molar-refractivity contribution in [1.29, 1.82) is 0 Å². The Labute approximate surface area is 115 Å². The van der Waals surface area contributed by atoms with Crippen molar-refractivity contribution in [2.24, 2.45) is 5.92 Å². The Balaban J connectivity index is 2.12. The van der Waals surface area contributed by atoms with E-state index in [4.69, 9.17) is 0 Å². The van der Waals surface area contributed by atoms with Crippen molar-refractivity contribution in [1.82, 2.24) is 0 Å². The maximum Gasteiger partial charge on any atom is 0.130 e. The van der Waals surface area contributed by atoms with Gasteiger partial charge in [0.1, 0.15) is 5.82 Å². The van der Waals surface area contributed by atoms with Crippen LogP contribution in [0.5, 0.6) is 0 Å². The van der Waals surface area contributed by atoms with Gasteiger partial charge in [0, 0.05) is 24.3 Å². The van der Waals surface area contributed by atoms with Gasteiger partial charge in [-0.1, -0.05) is 25.8 Å². The molecule has 106 valence electrons. The summed E-state index contributed by atoms with van der Waals surface area (Å²) in [6.45, 7) is 3.95. The molecular weight excluding hydrogens is 241 g/mol. The van der Waals surface area contributed by atoms with Crippen LogP contribution in [-0.4, -0.2) is 18.2 Å². The number of hydrogen-bond donors (Lipinski definition) is 1.